The van der Waals surface area contributed by atoms with E-state index in [1.807, 2.05) is 0 Å². The molecule has 13 rings (SSSR count). The molecule has 0 spiro atoms. The van der Waals surface area contributed by atoms with Crippen LogP contribution in [0.25, 0.3) is 71.2 Å². The van der Waals surface area contributed by atoms with Gasteiger partial charge in [0.25, 0.3) is 0 Å². The molecule has 0 N–H and O–H groups in total. The molecule has 0 fully saturated rings. The van der Waals surface area contributed by atoms with Crippen molar-refractivity contribution in [1.29, 1.82) is 0 Å². The molecule has 11 aromatic carbocycles. The lowest BCUT2D eigenvalue weighted by Crippen LogP contribution is -2.21. The number of hydrogen-bond donors (Lipinski definition) is 0. The Kier molecular flexibility index (Phi) is 8.92. The maximum atomic E-state index is 2.48. The molecule has 0 saturated heterocycles. The molecule has 66 heavy (non-hydrogen) atoms. The number of rotatable bonds is 7. The summed E-state index contributed by atoms with van der Waals surface area (Å²) >= 11 is 0. The van der Waals surface area contributed by atoms with E-state index >= 15 is 0 Å². The van der Waals surface area contributed by atoms with Crippen LogP contribution < -0.4 is 9.80 Å². The standard InChI is InChI=1S/C63H43N3/c1-4-18-43(19-5-1)46-38-47(44-20-6-2-7-21-44)40-52(39-46)64(51-36-37-57-55-27-12-11-25-53(55)54-26-13-14-28-56(54)59(57)42-51)49-32-34-50(35-33-49)65-61-30-16-10-22-45(61)41-60-58-29-15-17-31-62(58)66(63(60)65)48-23-8-3-9-24-48/h1-40,42H,41H2. The third-order valence-electron chi connectivity index (χ3n) is 13.5. The fraction of sp³-hybridized carbons (Fsp3) is 0.0159. The first-order valence-electron chi connectivity index (χ1n) is 22.8. The molecule has 0 aliphatic carbocycles. The molecule has 2 heterocycles. The van der Waals surface area contributed by atoms with Crippen molar-refractivity contribution in [1.82, 2.24) is 4.57 Å². The smallest absolute Gasteiger partial charge is 0.127 e. The van der Waals surface area contributed by atoms with Crippen LogP contribution >= 0.6 is 0 Å². The number of benzene rings is 11. The summed E-state index contributed by atoms with van der Waals surface area (Å²) < 4.78 is 2.45. The molecule has 3 nitrogen and oxygen atoms in total. The van der Waals surface area contributed by atoms with Crippen molar-refractivity contribution in [3.05, 3.63) is 260 Å². The lowest BCUT2D eigenvalue weighted by atomic mass is 9.93. The van der Waals surface area contributed by atoms with Gasteiger partial charge < -0.3 is 4.90 Å². The van der Waals surface area contributed by atoms with Gasteiger partial charge in [-0.3, -0.25) is 9.47 Å². The van der Waals surface area contributed by atoms with Gasteiger partial charge in [0.15, 0.2) is 0 Å². The minimum atomic E-state index is 0.863. The van der Waals surface area contributed by atoms with Gasteiger partial charge in [-0.05, 0) is 139 Å². The summed E-state index contributed by atoms with van der Waals surface area (Å²) in [6.45, 7) is 0. The highest BCUT2D eigenvalue weighted by atomic mass is 15.3. The number of anilines is 6. The third-order valence-corrected chi connectivity index (χ3v) is 13.5. The predicted octanol–water partition coefficient (Wildman–Crippen LogP) is 17.3. The highest BCUT2D eigenvalue weighted by molar-refractivity contribution is 6.25. The van der Waals surface area contributed by atoms with E-state index in [1.54, 1.807) is 0 Å². The van der Waals surface area contributed by atoms with Gasteiger partial charge in [0.05, 0.1) is 11.2 Å². The Hall–Kier alpha value is -8.66. The van der Waals surface area contributed by atoms with Crippen molar-refractivity contribution in [2.24, 2.45) is 0 Å². The molecule has 1 aromatic heterocycles. The van der Waals surface area contributed by atoms with Crippen LogP contribution in [0.5, 0.6) is 0 Å². The summed E-state index contributed by atoms with van der Waals surface area (Å²) in [7, 11) is 0. The van der Waals surface area contributed by atoms with Crippen molar-refractivity contribution in [3.63, 3.8) is 0 Å². The van der Waals surface area contributed by atoms with Crippen molar-refractivity contribution in [3.8, 4) is 27.9 Å². The van der Waals surface area contributed by atoms with E-state index in [1.165, 1.54) is 77.0 Å². The minimum absolute atomic E-state index is 0.863. The highest BCUT2D eigenvalue weighted by Gasteiger charge is 2.31. The molecular formula is C63H43N3. The molecule has 0 bridgehead atoms. The molecule has 12 aromatic rings. The van der Waals surface area contributed by atoms with Crippen LogP contribution in [0.15, 0.2) is 249 Å². The molecular weight excluding hydrogens is 799 g/mol. The Labute approximate surface area is 384 Å². The fourth-order valence-corrected chi connectivity index (χ4v) is 10.6. The van der Waals surface area contributed by atoms with E-state index in [9.17, 15) is 0 Å². The molecule has 0 unspecified atom stereocenters. The summed E-state index contributed by atoms with van der Waals surface area (Å²) in [6, 6.07) is 91.0. The lowest BCUT2D eigenvalue weighted by molar-refractivity contribution is 1.01. The first-order valence-corrected chi connectivity index (χ1v) is 22.8. The fourth-order valence-electron chi connectivity index (χ4n) is 10.6. The Morgan fingerprint density at radius 2 is 0.818 bits per heavy atom. The molecule has 1 aliphatic heterocycles. The van der Waals surface area contributed by atoms with Gasteiger partial charge in [0, 0.05) is 45.8 Å². The normalized spacial score (nSPS) is 12.2. The van der Waals surface area contributed by atoms with Crippen LogP contribution in [0.4, 0.5) is 34.3 Å². The van der Waals surface area contributed by atoms with E-state index < -0.39 is 0 Å². The molecule has 0 amide bonds. The Morgan fingerprint density at radius 1 is 0.318 bits per heavy atom. The van der Waals surface area contributed by atoms with E-state index in [2.05, 4.69) is 263 Å². The van der Waals surface area contributed by atoms with E-state index in [-0.39, 0.29) is 0 Å². The lowest BCUT2D eigenvalue weighted by Gasteiger charge is -2.34. The number of aromatic nitrogens is 1. The number of para-hydroxylation sites is 3. The summed E-state index contributed by atoms with van der Waals surface area (Å²) in [5.74, 6) is 1.18. The molecule has 0 saturated carbocycles. The topological polar surface area (TPSA) is 11.4 Å². The Morgan fingerprint density at radius 3 is 1.45 bits per heavy atom. The molecule has 1 aliphatic rings. The van der Waals surface area contributed by atoms with Crippen LogP contribution in [0.3, 0.4) is 0 Å². The average molecular weight is 842 g/mol. The maximum Gasteiger partial charge on any atom is 0.127 e. The average Bonchev–Trinajstić information content (AvgIpc) is 3.72. The summed E-state index contributed by atoms with van der Waals surface area (Å²) in [5, 5.41) is 8.82. The van der Waals surface area contributed by atoms with Crippen molar-refractivity contribution in [2.75, 3.05) is 9.80 Å². The summed E-state index contributed by atoms with van der Waals surface area (Å²) in [4.78, 5) is 4.93. The largest absolute Gasteiger partial charge is 0.310 e. The van der Waals surface area contributed by atoms with Crippen molar-refractivity contribution in [2.45, 2.75) is 6.42 Å². The second kappa shape index (κ2) is 15.5. The molecule has 310 valence electrons. The van der Waals surface area contributed by atoms with Crippen LogP contribution in [-0.4, -0.2) is 4.57 Å². The van der Waals surface area contributed by atoms with E-state index in [0.717, 1.165) is 46.0 Å². The first-order chi connectivity index (χ1) is 32.7. The minimum Gasteiger partial charge on any atom is -0.310 e. The second-order valence-electron chi connectivity index (χ2n) is 17.3. The maximum absolute atomic E-state index is 2.48. The van der Waals surface area contributed by atoms with Crippen LogP contribution in [-0.2, 0) is 6.42 Å². The molecule has 0 atom stereocenters. The van der Waals surface area contributed by atoms with Gasteiger partial charge in [-0.15, -0.1) is 0 Å². The van der Waals surface area contributed by atoms with Gasteiger partial charge in [-0.2, -0.15) is 0 Å². The van der Waals surface area contributed by atoms with Crippen LogP contribution in [0.2, 0.25) is 0 Å². The van der Waals surface area contributed by atoms with Gasteiger partial charge in [0.2, 0.25) is 0 Å². The van der Waals surface area contributed by atoms with E-state index in [0.29, 0.717) is 0 Å². The zero-order chi connectivity index (χ0) is 43.6. The Bertz CT molecular complexity index is 3690. The van der Waals surface area contributed by atoms with Crippen molar-refractivity contribution >= 4 is 77.5 Å². The predicted molar refractivity (Wildman–Crippen MR) is 279 cm³/mol. The molecule has 0 radical (unpaired) electrons. The summed E-state index contributed by atoms with van der Waals surface area (Å²) in [5.41, 5.74) is 15.2. The van der Waals surface area contributed by atoms with Gasteiger partial charge in [0.1, 0.15) is 5.82 Å². The quantitative estimate of drug-likeness (QED) is 0.148. The number of fused-ring (bicyclic) bond motifs is 10. The Balaban J connectivity index is 1.04. The highest BCUT2D eigenvalue weighted by Crippen LogP contribution is 2.50. The van der Waals surface area contributed by atoms with Gasteiger partial charge in [-0.1, -0.05) is 170 Å². The number of nitrogens with zero attached hydrogens (tertiary/aromatic N) is 3. The SMILES string of the molecule is c1ccc(-c2cc(-c3ccccc3)cc(N(c3ccc(N4c5ccccc5Cc5c4n(-c4ccccc4)c4ccccc54)cc3)c3ccc4c5ccccc5c5ccccc5c4c3)c2)cc1. The van der Waals surface area contributed by atoms with Crippen LogP contribution in [0, 0.1) is 0 Å². The zero-order valence-electron chi connectivity index (χ0n) is 36.2. The van der Waals surface area contributed by atoms with Gasteiger partial charge >= 0.3 is 0 Å². The number of hydrogen-bond acceptors (Lipinski definition) is 2. The first kappa shape index (κ1) is 37.9. The van der Waals surface area contributed by atoms with Crippen LogP contribution in [0.1, 0.15) is 11.1 Å². The zero-order valence-corrected chi connectivity index (χ0v) is 36.2. The molecule has 3 heteroatoms. The third kappa shape index (κ3) is 6.20. The van der Waals surface area contributed by atoms with Crippen molar-refractivity contribution < 1.29 is 0 Å². The van der Waals surface area contributed by atoms with Gasteiger partial charge in [-0.25, -0.2) is 0 Å². The van der Waals surface area contributed by atoms with E-state index in [4.69, 9.17) is 0 Å². The monoisotopic (exact) mass is 841 g/mol. The second-order valence-corrected chi connectivity index (χ2v) is 17.3. The summed E-state index contributed by atoms with van der Waals surface area (Å²) in [6.07, 6.45) is 0.863.